The summed E-state index contributed by atoms with van der Waals surface area (Å²) >= 11 is 0. The van der Waals surface area contributed by atoms with Crippen LogP contribution in [-0.2, 0) is 16.0 Å². The van der Waals surface area contributed by atoms with Gasteiger partial charge < -0.3 is 5.32 Å². The largest absolute Gasteiger partial charge is 0.319 e. The van der Waals surface area contributed by atoms with E-state index in [-0.39, 0.29) is 0 Å². The highest BCUT2D eigenvalue weighted by Crippen LogP contribution is 2.29. The van der Waals surface area contributed by atoms with E-state index in [0.29, 0.717) is 17.7 Å². The molecule has 4 nitrogen and oxygen atoms in total. The quantitative estimate of drug-likeness (QED) is 0.878. The molecule has 0 aliphatic heterocycles. The van der Waals surface area contributed by atoms with Crippen LogP contribution in [0.25, 0.3) is 5.57 Å². The highest BCUT2D eigenvalue weighted by Gasteiger charge is 2.25. The molecule has 3 rings (SSSR count). The lowest BCUT2D eigenvalue weighted by atomic mass is 10.00. The number of aromatic nitrogens is 1. The van der Waals surface area contributed by atoms with Crippen molar-refractivity contribution in [2.45, 2.75) is 13.3 Å². The Balaban J connectivity index is 1.81. The number of amides is 1. The van der Waals surface area contributed by atoms with Crippen molar-refractivity contribution in [3.63, 3.8) is 0 Å². The van der Waals surface area contributed by atoms with E-state index in [1.165, 1.54) is 0 Å². The van der Waals surface area contributed by atoms with Crippen LogP contribution in [0.15, 0.2) is 48.8 Å². The van der Waals surface area contributed by atoms with Gasteiger partial charge in [0.05, 0.1) is 0 Å². The van der Waals surface area contributed by atoms with Gasteiger partial charge in [-0.15, -0.1) is 0 Å². The Labute approximate surface area is 122 Å². The van der Waals surface area contributed by atoms with Crippen molar-refractivity contribution in [3.05, 3.63) is 65.5 Å². The van der Waals surface area contributed by atoms with Crippen LogP contribution in [0.2, 0.25) is 0 Å². The second-order valence-corrected chi connectivity index (χ2v) is 5.00. The summed E-state index contributed by atoms with van der Waals surface area (Å²) in [6.07, 6.45) is 5.64. The zero-order chi connectivity index (χ0) is 14.8. The Hall–Kier alpha value is -2.75. The van der Waals surface area contributed by atoms with Gasteiger partial charge in [-0.3, -0.25) is 14.6 Å². The summed E-state index contributed by atoms with van der Waals surface area (Å²) in [5.74, 6) is -1.13. The molecule has 0 saturated carbocycles. The van der Waals surface area contributed by atoms with E-state index in [9.17, 15) is 9.59 Å². The number of fused-ring (bicyclic) bond motifs is 1. The predicted molar refractivity (Wildman–Crippen MR) is 80.7 cm³/mol. The van der Waals surface area contributed by atoms with Gasteiger partial charge in [-0.1, -0.05) is 29.8 Å². The standard InChI is InChI=1S/C17H14N2O2/c1-11-2-3-12-4-5-14(15(12)10-11)16(20)17(21)19-13-6-8-18-9-7-13/h2-3,5-10H,4H2,1H3,(H,18,19,21). The van der Waals surface area contributed by atoms with E-state index >= 15 is 0 Å². The maximum absolute atomic E-state index is 12.3. The van der Waals surface area contributed by atoms with Crippen LogP contribution >= 0.6 is 0 Å². The minimum atomic E-state index is -0.623. The van der Waals surface area contributed by atoms with Crippen LogP contribution in [0.1, 0.15) is 16.7 Å². The zero-order valence-corrected chi connectivity index (χ0v) is 11.6. The van der Waals surface area contributed by atoms with Crippen LogP contribution in [-0.4, -0.2) is 16.7 Å². The van der Waals surface area contributed by atoms with Gasteiger partial charge in [0.1, 0.15) is 0 Å². The molecule has 1 amide bonds. The third kappa shape index (κ3) is 2.60. The molecule has 1 N–H and O–H groups in total. The first-order valence-electron chi connectivity index (χ1n) is 6.71. The molecule has 1 heterocycles. The van der Waals surface area contributed by atoms with E-state index < -0.39 is 11.7 Å². The van der Waals surface area contributed by atoms with Crippen LogP contribution in [0.3, 0.4) is 0 Å². The summed E-state index contributed by atoms with van der Waals surface area (Å²) in [5.41, 5.74) is 4.07. The van der Waals surface area contributed by atoms with Gasteiger partial charge in [-0.25, -0.2) is 0 Å². The zero-order valence-electron chi connectivity index (χ0n) is 11.6. The van der Waals surface area contributed by atoms with Crippen molar-refractivity contribution in [2.75, 3.05) is 5.32 Å². The lowest BCUT2D eigenvalue weighted by Crippen LogP contribution is -2.23. The van der Waals surface area contributed by atoms with E-state index in [0.717, 1.165) is 16.7 Å². The lowest BCUT2D eigenvalue weighted by molar-refractivity contribution is -0.131. The van der Waals surface area contributed by atoms with Gasteiger partial charge in [-0.05, 0) is 36.6 Å². The number of allylic oxidation sites excluding steroid dienone is 1. The number of anilines is 1. The van der Waals surface area contributed by atoms with E-state index in [4.69, 9.17) is 0 Å². The molecule has 4 heteroatoms. The molecule has 0 bridgehead atoms. The summed E-state index contributed by atoms with van der Waals surface area (Å²) in [6, 6.07) is 9.25. The van der Waals surface area contributed by atoms with Crippen molar-refractivity contribution in [3.8, 4) is 0 Å². The average molecular weight is 278 g/mol. The number of benzene rings is 1. The molecule has 0 radical (unpaired) electrons. The molecule has 104 valence electrons. The maximum atomic E-state index is 12.3. The van der Waals surface area contributed by atoms with E-state index in [1.54, 1.807) is 24.5 Å². The van der Waals surface area contributed by atoms with Crippen molar-refractivity contribution in [2.24, 2.45) is 0 Å². The van der Waals surface area contributed by atoms with E-state index in [2.05, 4.69) is 10.3 Å². The van der Waals surface area contributed by atoms with Crippen LogP contribution < -0.4 is 5.32 Å². The average Bonchev–Trinajstić information content (AvgIpc) is 2.90. The highest BCUT2D eigenvalue weighted by molar-refractivity contribution is 6.56. The number of ketones is 1. The lowest BCUT2D eigenvalue weighted by Gasteiger charge is -2.07. The highest BCUT2D eigenvalue weighted by atomic mass is 16.2. The minimum Gasteiger partial charge on any atom is -0.319 e. The molecule has 1 aliphatic rings. The minimum absolute atomic E-state index is 0.486. The van der Waals surface area contributed by atoms with Crippen molar-refractivity contribution in [1.29, 1.82) is 0 Å². The smallest absolute Gasteiger partial charge is 0.296 e. The Bertz CT molecular complexity index is 749. The monoisotopic (exact) mass is 278 g/mol. The SMILES string of the molecule is Cc1ccc2c(c1)C(C(=O)C(=O)Nc1ccncc1)=CC2. The predicted octanol–water partition coefficient (Wildman–Crippen LogP) is 2.54. The maximum Gasteiger partial charge on any atom is 0.296 e. The number of hydrogen-bond donors (Lipinski definition) is 1. The van der Waals surface area contributed by atoms with Crippen molar-refractivity contribution < 1.29 is 9.59 Å². The Morgan fingerprint density at radius 3 is 2.67 bits per heavy atom. The third-order valence-electron chi connectivity index (χ3n) is 3.47. The molecule has 2 aromatic rings. The molecule has 0 unspecified atom stereocenters. The summed E-state index contributed by atoms with van der Waals surface area (Å²) in [4.78, 5) is 28.3. The van der Waals surface area contributed by atoms with Gasteiger partial charge in [0.2, 0.25) is 0 Å². The molecule has 0 fully saturated rings. The summed E-state index contributed by atoms with van der Waals surface area (Å²) in [7, 11) is 0. The summed E-state index contributed by atoms with van der Waals surface area (Å²) in [6.45, 7) is 1.97. The molecule has 0 spiro atoms. The molecule has 0 atom stereocenters. The molecular weight excluding hydrogens is 264 g/mol. The normalized spacial score (nSPS) is 12.5. The number of Topliss-reactive ketones (excluding diaryl/α,β-unsaturated/α-hetero) is 1. The molecule has 1 aromatic carbocycles. The number of aryl methyl sites for hydroxylation is 1. The fraction of sp³-hybridized carbons (Fsp3) is 0.118. The van der Waals surface area contributed by atoms with Crippen LogP contribution in [0.5, 0.6) is 0 Å². The first-order valence-corrected chi connectivity index (χ1v) is 6.71. The van der Waals surface area contributed by atoms with Crippen molar-refractivity contribution in [1.82, 2.24) is 4.98 Å². The van der Waals surface area contributed by atoms with Crippen LogP contribution in [0, 0.1) is 6.92 Å². The Morgan fingerprint density at radius 2 is 1.90 bits per heavy atom. The number of rotatable bonds is 3. The third-order valence-corrected chi connectivity index (χ3v) is 3.47. The molecule has 21 heavy (non-hydrogen) atoms. The van der Waals surface area contributed by atoms with Gasteiger partial charge in [-0.2, -0.15) is 0 Å². The summed E-state index contributed by atoms with van der Waals surface area (Å²) < 4.78 is 0. The van der Waals surface area contributed by atoms with Gasteiger partial charge in [0, 0.05) is 23.7 Å². The fourth-order valence-corrected chi connectivity index (χ4v) is 2.40. The van der Waals surface area contributed by atoms with Gasteiger partial charge in [0.25, 0.3) is 11.7 Å². The number of nitrogens with one attached hydrogen (secondary N) is 1. The Kier molecular flexibility index (Phi) is 3.36. The van der Waals surface area contributed by atoms with E-state index in [1.807, 2.05) is 31.2 Å². The summed E-state index contributed by atoms with van der Waals surface area (Å²) in [5, 5.41) is 2.59. The second-order valence-electron chi connectivity index (χ2n) is 5.00. The number of hydrogen-bond acceptors (Lipinski definition) is 3. The number of carbonyl (C=O) groups is 2. The fourth-order valence-electron chi connectivity index (χ4n) is 2.40. The molecular formula is C17H14N2O2. The second kappa shape index (κ2) is 5.32. The first kappa shape index (κ1) is 13.2. The first-order chi connectivity index (χ1) is 10.1. The van der Waals surface area contributed by atoms with Gasteiger partial charge >= 0.3 is 0 Å². The molecule has 1 aliphatic carbocycles. The van der Waals surface area contributed by atoms with Crippen LogP contribution in [0.4, 0.5) is 5.69 Å². The number of nitrogens with zero attached hydrogens (tertiary/aromatic N) is 1. The molecule has 1 aromatic heterocycles. The van der Waals surface area contributed by atoms with Crippen molar-refractivity contribution >= 4 is 23.0 Å². The Morgan fingerprint density at radius 1 is 1.14 bits per heavy atom. The van der Waals surface area contributed by atoms with Gasteiger partial charge in [0.15, 0.2) is 0 Å². The molecule has 0 saturated heterocycles. The number of carbonyl (C=O) groups excluding carboxylic acids is 2. The number of pyridine rings is 1. The topological polar surface area (TPSA) is 59.1 Å².